The summed E-state index contributed by atoms with van der Waals surface area (Å²) in [5.41, 5.74) is 0. The topological polar surface area (TPSA) is 72.8 Å². The second-order valence-electron chi connectivity index (χ2n) is 1.62. The summed E-state index contributed by atoms with van der Waals surface area (Å²) in [5, 5.41) is 8.97. The van der Waals surface area contributed by atoms with E-state index in [-0.39, 0.29) is 4.77 Å². The number of hydrogen-bond acceptors (Lipinski definition) is 5. The van der Waals surface area contributed by atoms with E-state index in [2.05, 4.69) is 32.5 Å². The Hall–Kier alpha value is -1.24. The standard InChI is InChI=1S/C4H6N4O2S/c1-2-10-4(9)8-3(11)5-6-7-8/h2H2,1H3,(H,5,7,11). The summed E-state index contributed by atoms with van der Waals surface area (Å²) < 4.78 is 5.62. The molecule has 60 valence electrons. The number of H-pyrrole nitrogens is 1. The number of aromatic amines is 1. The number of ether oxygens (including phenoxy) is 1. The summed E-state index contributed by atoms with van der Waals surface area (Å²) >= 11 is 4.63. The summed E-state index contributed by atoms with van der Waals surface area (Å²) in [6.07, 6.45) is -0.595. The van der Waals surface area contributed by atoms with Crippen molar-refractivity contribution >= 4 is 18.3 Å². The molecule has 1 aromatic heterocycles. The molecule has 1 heterocycles. The van der Waals surface area contributed by atoms with Gasteiger partial charge in [0.2, 0.25) is 4.77 Å². The van der Waals surface area contributed by atoms with E-state index in [0.29, 0.717) is 6.61 Å². The summed E-state index contributed by atoms with van der Waals surface area (Å²) in [6.45, 7) is 1.99. The van der Waals surface area contributed by atoms with Crippen molar-refractivity contribution in [2.45, 2.75) is 6.92 Å². The van der Waals surface area contributed by atoms with E-state index in [1.807, 2.05) is 0 Å². The second-order valence-corrected chi connectivity index (χ2v) is 1.98. The van der Waals surface area contributed by atoms with Crippen molar-refractivity contribution < 1.29 is 9.53 Å². The minimum Gasteiger partial charge on any atom is -0.448 e. The molecule has 0 saturated carbocycles. The monoisotopic (exact) mass is 174 g/mol. The van der Waals surface area contributed by atoms with Crippen molar-refractivity contribution in [3.63, 3.8) is 0 Å². The van der Waals surface area contributed by atoms with Crippen LogP contribution < -0.4 is 0 Å². The van der Waals surface area contributed by atoms with Crippen molar-refractivity contribution in [2.75, 3.05) is 6.61 Å². The first-order chi connectivity index (χ1) is 5.25. The zero-order chi connectivity index (χ0) is 8.27. The van der Waals surface area contributed by atoms with Gasteiger partial charge in [-0.05, 0) is 19.1 Å². The van der Waals surface area contributed by atoms with Crippen LogP contribution in [0.2, 0.25) is 0 Å². The first kappa shape index (κ1) is 7.86. The number of aromatic nitrogens is 4. The number of hydrogen-bond donors (Lipinski definition) is 1. The third-order valence-electron chi connectivity index (χ3n) is 0.922. The smallest absolute Gasteiger partial charge is 0.436 e. The van der Waals surface area contributed by atoms with Crippen LogP contribution in [0.4, 0.5) is 4.79 Å². The van der Waals surface area contributed by atoms with Crippen LogP contribution in [0.5, 0.6) is 0 Å². The van der Waals surface area contributed by atoms with Crippen molar-refractivity contribution in [1.29, 1.82) is 0 Å². The Morgan fingerprint density at radius 2 is 2.64 bits per heavy atom. The summed E-state index contributed by atoms with van der Waals surface area (Å²) in [7, 11) is 0. The van der Waals surface area contributed by atoms with E-state index in [0.717, 1.165) is 4.68 Å². The Balaban J connectivity index is 2.85. The fraction of sp³-hybridized carbons (Fsp3) is 0.500. The van der Waals surface area contributed by atoms with Crippen LogP contribution in [0.25, 0.3) is 0 Å². The Morgan fingerprint density at radius 1 is 1.91 bits per heavy atom. The van der Waals surface area contributed by atoms with Crippen LogP contribution in [-0.4, -0.2) is 32.9 Å². The Labute approximate surface area is 67.1 Å². The number of carbonyl (C=O) groups is 1. The first-order valence-corrected chi connectivity index (χ1v) is 3.33. The van der Waals surface area contributed by atoms with Crippen LogP contribution in [0, 0.1) is 4.77 Å². The van der Waals surface area contributed by atoms with Gasteiger partial charge in [0.25, 0.3) is 0 Å². The summed E-state index contributed by atoms with van der Waals surface area (Å²) in [4.78, 5) is 10.9. The molecule has 7 heteroatoms. The van der Waals surface area contributed by atoms with Gasteiger partial charge in [-0.15, -0.1) is 4.68 Å². The minimum absolute atomic E-state index is 0.0588. The van der Waals surface area contributed by atoms with Crippen molar-refractivity contribution in [3.05, 3.63) is 4.77 Å². The molecule has 0 radical (unpaired) electrons. The molecule has 0 atom stereocenters. The number of rotatable bonds is 1. The maximum absolute atomic E-state index is 10.9. The summed E-state index contributed by atoms with van der Waals surface area (Å²) in [6, 6.07) is 0. The van der Waals surface area contributed by atoms with Gasteiger partial charge in [-0.3, -0.25) is 0 Å². The molecule has 0 aliphatic rings. The fourth-order valence-electron chi connectivity index (χ4n) is 0.504. The highest BCUT2D eigenvalue weighted by Crippen LogP contribution is 1.86. The Bertz CT molecular complexity index is 303. The second kappa shape index (κ2) is 3.24. The molecule has 1 N–H and O–H groups in total. The lowest BCUT2D eigenvalue weighted by Crippen LogP contribution is -2.15. The van der Waals surface area contributed by atoms with Crippen molar-refractivity contribution in [1.82, 2.24) is 20.2 Å². The molecule has 0 unspecified atom stereocenters. The lowest BCUT2D eigenvalue weighted by Gasteiger charge is -1.97. The first-order valence-electron chi connectivity index (χ1n) is 2.93. The van der Waals surface area contributed by atoms with E-state index in [1.54, 1.807) is 6.92 Å². The molecule has 1 rings (SSSR count). The molecule has 0 aliphatic heterocycles. The molecular weight excluding hydrogens is 168 g/mol. The molecule has 0 bridgehead atoms. The largest absolute Gasteiger partial charge is 0.448 e. The molecule has 0 fully saturated rings. The van der Waals surface area contributed by atoms with E-state index in [4.69, 9.17) is 0 Å². The van der Waals surface area contributed by atoms with Gasteiger partial charge in [-0.25, -0.2) is 4.79 Å². The predicted molar refractivity (Wildman–Crippen MR) is 37.6 cm³/mol. The van der Waals surface area contributed by atoms with Crippen LogP contribution in [0.15, 0.2) is 0 Å². The number of tetrazole rings is 1. The van der Waals surface area contributed by atoms with E-state index in [9.17, 15) is 4.79 Å². The number of nitrogens with one attached hydrogen (secondary N) is 1. The van der Waals surface area contributed by atoms with Gasteiger partial charge >= 0.3 is 6.09 Å². The Kier molecular flexibility index (Phi) is 2.32. The quantitative estimate of drug-likeness (QED) is 0.491. The van der Waals surface area contributed by atoms with Crippen LogP contribution in [0.3, 0.4) is 0 Å². The van der Waals surface area contributed by atoms with Gasteiger partial charge in [-0.2, -0.15) is 5.21 Å². The molecular formula is C4H6N4O2S. The van der Waals surface area contributed by atoms with E-state index < -0.39 is 6.09 Å². The van der Waals surface area contributed by atoms with Crippen molar-refractivity contribution in [2.24, 2.45) is 0 Å². The lowest BCUT2D eigenvalue weighted by molar-refractivity contribution is 0.149. The fourth-order valence-corrected chi connectivity index (χ4v) is 0.660. The lowest BCUT2D eigenvalue weighted by atomic mass is 10.9. The summed E-state index contributed by atoms with van der Waals surface area (Å²) in [5.74, 6) is 0. The average molecular weight is 174 g/mol. The van der Waals surface area contributed by atoms with Crippen LogP contribution in [0.1, 0.15) is 6.92 Å². The molecule has 0 aliphatic carbocycles. The molecule has 0 saturated heterocycles. The number of nitrogens with zero attached hydrogens (tertiary/aromatic N) is 3. The number of carbonyl (C=O) groups excluding carboxylic acids is 1. The third-order valence-corrected chi connectivity index (χ3v) is 1.19. The highest BCUT2D eigenvalue weighted by Gasteiger charge is 2.06. The van der Waals surface area contributed by atoms with Gasteiger partial charge in [-0.1, -0.05) is 10.3 Å². The van der Waals surface area contributed by atoms with Crippen LogP contribution >= 0.6 is 12.2 Å². The molecule has 11 heavy (non-hydrogen) atoms. The maximum atomic E-state index is 10.9. The van der Waals surface area contributed by atoms with E-state index in [1.165, 1.54) is 0 Å². The highest BCUT2D eigenvalue weighted by molar-refractivity contribution is 7.71. The molecule has 0 amide bonds. The molecule has 1 aromatic rings. The van der Waals surface area contributed by atoms with Gasteiger partial charge in [0, 0.05) is 0 Å². The zero-order valence-corrected chi connectivity index (χ0v) is 6.59. The zero-order valence-electron chi connectivity index (χ0n) is 5.77. The van der Waals surface area contributed by atoms with Gasteiger partial charge in [0.05, 0.1) is 6.61 Å². The average Bonchev–Trinajstić information content (AvgIpc) is 2.36. The molecule has 0 spiro atoms. The molecule has 0 aromatic carbocycles. The predicted octanol–water partition coefficient (Wildman–Crippen LogP) is 0.340. The van der Waals surface area contributed by atoms with Crippen molar-refractivity contribution in [3.8, 4) is 0 Å². The minimum atomic E-state index is -0.595. The van der Waals surface area contributed by atoms with Gasteiger partial charge in [0.15, 0.2) is 0 Å². The van der Waals surface area contributed by atoms with Crippen LogP contribution in [-0.2, 0) is 4.74 Å². The SMILES string of the molecule is CCOC(=O)n1[nH]nnc1=S. The highest BCUT2D eigenvalue weighted by atomic mass is 32.1. The van der Waals surface area contributed by atoms with E-state index >= 15 is 0 Å². The van der Waals surface area contributed by atoms with Gasteiger partial charge in [0.1, 0.15) is 0 Å². The van der Waals surface area contributed by atoms with Gasteiger partial charge < -0.3 is 4.74 Å². The Morgan fingerprint density at radius 3 is 3.09 bits per heavy atom. The third kappa shape index (κ3) is 1.61. The maximum Gasteiger partial charge on any atom is 0.436 e. The normalized spacial score (nSPS) is 9.55. The molecule has 6 nitrogen and oxygen atoms in total.